The highest BCUT2D eigenvalue weighted by molar-refractivity contribution is 5.56. The van der Waals surface area contributed by atoms with Gasteiger partial charge in [0.25, 0.3) is 0 Å². The molecule has 0 bridgehead atoms. The lowest BCUT2D eigenvalue weighted by molar-refractivity contribution is -0.113. The van der Waals surface area contributed by atoms with Crippen LogP contribution in [-0.2, 0) is 4.79 Å². The second kappa shape index (κ2) is 4.96. The molecule has 0 N–H and O–H groups in total. The molecule has 0 aliphatic heterocycles. The second-order valence-corrected chi connectivity index (χ2v) is 7.18. The zero-order chi connectivity index (χ0) is 12.7. The van der Waals surface area contributed by atoms with Gasteiger partial charge in [-0.3, -0.25) is 0 Å². The number of fused-ring (bicyclic) bond motifs is 1. The van der Waals surface area contributed by atoms with Crippen LogP contribution in [0.15, 0.2) is 0 Å². The number of nitrogens with zero attached hydrogens (tertiary/aromatic N) is 1. The first kappa shape index (κ1) is 12.7. The van der Waals surface area contributed by atoms with Gasteiger partial charge < -0.3 is 9.69 Å². The molecule has 0 heterocycles. The molecule has 0 radical (unpaired) electrons. The molecule has 0 aromatic heterocycles. The maximum absolute atomic E-state index is 11.5. The van der Waals surface area contributed by atoms with Gasteiger partial charge in [-0.1, -0.05) is 25.7 Å². The summed E-state index contributed by atoms with van der Waals surface area (Å²) in [6.07, 6.45) is 11.1. The molecule has 0 aromatic carbocycles. The molecule has 5 atom stereocenters. The van der Waals surface area contributed by atoms with Crippen molar-refractivity contribution in [2.45, 2.75) is 51.0 Å². The van der Waals surface area contributed by atoms with Crippen molar-refractivity contribution in [2.75, 3.05) is 14.1 Å². The van der Waals surface area contributed by atoms with E-state index in [1.807, 2.05) is 0 Å². The minimum atomic E-state index is 0.316. The molecule has 3 aliphatic carbocycles. The second-order valence-electron chi connectivity index (χ2n) is 7.18. The summed E-state index contributed by atoms with van der Waals surface area (Å²) in [5.74, 6) is 3.82. The summed E-state index contributed by atoms with van der Waals surface area (Å²) in [6.45, 7) is 0. The van der Waals surface area contributed by atoms with E-state index in [-0.39, 0.29) is 0 Å². The van der Waals surface area contributed by atoms with Crippen molar-refractivity contribution >= 4 is 6.29 Å². The number of carbonyl (C=O) groups is 1. The molecule has 18 heavy (non-hydrogen) atoms. The molecule has 0 saturated heterocycles. The van der Waals surface area contributed by atoms with Crippen molar-refractivity contribution in [3.05, 3.63) is 0 Å². The smallest absolute Gasteiger partial charge is 0.124 e. The van der Waals surface area contributed by atoms with Gasteiger partial charge in [-0.2, -0.15) is 0 Å². The van der Waals surface area contributed by atoms with Gasteiger partial charge in [-0.25, -0.2) is 0 Å². The van der Waals surface area contributed by atoms with E-state index >= 15 is 0 Å². The summed E-state index contributed by atoms with van der Waals surface area (Å²) in [6, 6.07) is 0.516. The molecule has 2 nitrogen and oxygen atoms in total. The SMILES string of the molecule is CN(C)C1CC2CC(C3CCCC3)CC2C1C=O. The van der Waals surface area contributed by atoms with Crippen LogP contribution in [0, 0.1) is 29.6 Å². The van der Waals surface area contributed by atoms with Gasteiger partial charge in [-0.05, 0) is 57.0 Å². The number of aldehydes is 1. The Morgan fingerprint density at radius 2 is 1.67 bits per heavy atom. The van der Waals surface area contributed by atoms with Crippen LogP contribution >= 0.6 is 0 Å². The summed E-state index contributed by atoms with van der Waals surface area (Å²) in [5.41, 5.74) is 0. The molecular weight excluding hydrogens is 222 g/mol. The van der Waals surface area contributed by atoms with Crippen molar-refractivity contribution in [1.29, 1.82) is 0 Å². The summed E-state index contributed by atoms with van der Waals surface area (Å²) < 4.78 is 0. The average molecular weight is 249 g/mol. The highest BCUT2D eigenvalue weighted by Gasteiger charge is 2.50. The molecule has 5 unspecified atom stereocenters. The predicted octanol–water partition coefficient (Wildman–Crippen LogP) is 2.97. The third-order valence-electron chi connectivity index (χ3n) is 6.16. The van der Waals surface area contributed by atoms with Crippen molar-refractivity contribution in [3.63, 3.8) is 0 Å². The zero-order valence-corrected chi connectivity index (χ0v) is 11.8. The lowest BCUT2D eigenvalue weighted by Crippen LogP contribution is -2.34. The first-order chi connectivity index (χ1) is 8.70. The predicted molar refractivity (Wildman–Crippen MR) is 73.3 cm³/mol. The number of rotatable bonds is 3. The Hall–Kier alpha value is -0.370. The van der Waals surface area contributed by atoms with Crippen molar-refractivity contribution < 1.29 is 4.79 Å². The standard InChI is InChI=1S/C16H27NO/c1-17(2)16-9-13-7-12(11-5-3-4-6-11)8-14(13)15(16)10-18/h10-16H,3-9H2,1-2H3. The van der Waals surface area contributed by atoms with E-state index in [1.165, 1.54) is 51.2 Å². The Morgan fingerprint density at radius 1 is 0.944 bits per heavy atom. The van der Waals surface area contributed by atoms with Crippen LogP contribution < -0.4 is 0 Å². The van der Waals surface area contributed by atoms with Crippen molar-refractivity contribution in [1.82, 2.24) is 4.90 Å². The Bertz CT molecular complexity index is 308. The molecular formula is C16H27NO. The van der Waals surface area contributed by atoms with E-state index in [4.69, 9.17) is 0 Å². The van der Waals surface area contributed by atoms with Crippen LogP contribution in [0.25, 0.3) is 0 Å². The highest BCUT2D eigenvalue weighted by Crippen LogP contribution is 2.54. The summed E-state index contributed by atoms with van der Waals surface area (Å²) in [5, 5.41) is 0. The zero-order valence-electron chi connectivity index (χ0n) is 11.8. The molecule has 0 spiro atoms. The van der Waals surface area contributed by atoms with E-state index in [2.05, 4.69) is 19.0 Å². The van der Waals surface area contributed by atoms with Crippen LogP contribution in [0.1, 0.15) is 44.9 Å². The Balaban J connectivity index is 1.67. The lowest BCUT2D eigenvalue weighted by Gasteiger charge is -2.27. The Kier molecular flexibility index (Phi) is 3.48. The quantitative estimate of drug-likeness (QED) is 0.717. The van der Waals surface area contributed by atoms with E-state index in [0.29, 0.717) is 17.9 Å². The molecule has 3 saturated carbocycles. The number of hydrogen-bond acceptors (Lipinski definition) is 2. The molecule has 3 rings (SSSR count). The molecule has 3 fully saturated rings. The number of hydrogen-bond donors (Lipinski definition) is 0. The number of carbonyl (C=O) groups excluding carboxylic acids is 1. The normalized spacial score (nSPS) is 44.7. The van der Waals surface area contributed by atoms with E-state index in [9.17, 15) is 4.79 Å². The van der Waals surface area contributed by atoms with E-state index in [1.54, 1.807) is 0 Å². The van der Waals surface area contributed by atoms with Crippen LogP contribution in [0.2, 0.25) is 0 Å². The minimum absolute atomic E-state index is 0.316. The third-order valence-corrected chi connectivity index (χ3v) is 6.16. The van der Waals surface area contributed by atoms with Crippen LogP contribution in [0.5, 0.6) is 0 Å². The molecule has 2 heteroatoms. The highest BCUT2D eigenvalue weighted by atomic mass is 16.1. The van der Waals surface area contributed by atoms with E-state index < -0.39 is 0 Å². The lowest BCUT2D eigenvalue weighted by atomic mass is 9.85. The summed E-state index contributed by atoms with van der Waals surface area (Å²) in [4.78, 5) is 13.7. The van der Waals surface area contributed by atoms with Gasteiger partial charge in [0.1, 0.15) is 6.29 Å². The average Bonchev–Trinajstić information content (AvgIpc) is 3.02. The van der Waals surface area contributed by atoms with Gasteiger partial charge in [0.15, 0.2) is 0 Å². The van der Waals surface area contributed by atoms with Crippen LogP contribution in [-0.4, -0.2) is 31.3 Å². The summed E-state index contributed by atoms with van der Waals surface area (Å²) in [7, 11) is 4.27. The largest absolute Gasteiger partial charge is 0.306 e. The monoisotopic (exact) mass is 249 g/mol. The van der Waals surface area contributed by atoms with Gasteiger partial charge >= 0.3 is 0 Å². The maximum Gasteiger partial charge on any atom is 0.124 e. The van der Waals surface area contributed by atoms with Gasteiger partial charge in [0.2, 0.25) is 0 Å². The first-order valence-corrected chi connectivity index (χ1v) is 7.82. The van der Waals surface area contributed by atoms with Crippen molar-refractivity contribution in [2.24, 2.45) is 29.6 Å². The van der Waals surface area contributed by atoms with Gasteiger partial charge in [0, 0.05) is 12.0 Å². The van der Waals surface area contributed by atoms with Crippen molar-refractivity contribution in [3.8, 4) is 0 Å². The van der Waals surface area contributed by atoms with Crippen LogP contribution in [0.3, 0.4) is 0 Å². The van der Waals surface area contributed by atoms with Gasteiger partial charge in [-0.15, -0.1) is 0 Å². The molecule has 0 amide bonds. The fraction of sp³-hybridized carbons (Fsp3) is 0.938. The molecule has 102 valence electrons. The third kappa shape index (κ3) is 2.03. The van der Waals surface area contributed by atoms with E-state index in [0.717, 1.165) is 17.8 Å². The Morgan fingerprint density at radius 3 is 2.28 bits per heavy atom. The first-order valence-electron chi connectivity index (χ1n) is 7.82. The summed E-state index contributed by atoms with van der Waals surface area (Å²) >= 11 is 0. The Labute approximate surface area is 111 Å². The minimum Gasteiger partial charge on any atom is -0.306 e. The molecule has 0 aromatic rings. The maximum atomic E-state index is 11.5. The van der Waals surface area contributed by atoms with Crippen LogP contribution in [0.4, 0.5) is 0 Å². The topological polar surface area (TPSA) is 20.3 Å². The molecule has 3 aliphatic rings. The fourth-order valence-electron chi connectivity index (χ4n) is 5.26. The van der Waals surface area contributed by atoms with Gasteiger partial charge in [0.05, 0.1) is 0 Å². The fourth-order valence-corrected chi connectivity index (χ4v) is 5.26.